The number of hydrogen-bond donors (Lipinski definition) is 0. The lowest BCUT2D eigenvalue weighted by Crippen LogP contribution is -2.59. The van der Waals surface area contributed by atoms with Crippen LogP contribution in [0, 0.1) is 23.2 Å². The van der Waals surface area contributed by atoms with Crippen molar-refractivity contribution >= 4 is 0 Å². The predicted molar refractivity (Wildman–Crippen MR) is 75.2 cm³/mol. The van der Waals surface area contributed by atoms with Crippen LogP contribution in [-0.2, 0) is 18.4 Å². The summed E-state index contributed by atoms with van der Waals surface area (Å²) in [5, 5.41) is 9.34. The summed E-state index contributed by atoms with van der Waals surface area (Å²) in [6.45, 7) is 1.19. The van der Waals surface area contributed by atoms with Gasteiger partial charge >= 0.3 is 0 Å². The Morgan fingerprint density at radius 1 is 0.950 bits per heavy atom. The van der Waals surface area contributed by atoms with Gasteiger partial charge < -0.3 is 4.57 Å². The summed E-state index contributed by atoms with van der Waals surface area (Å²) >= 11 is 0. The molecule has 1 spiro atoms. The summed E-state index contributed by atoms with van der Waals surface area (Å²) in [7, 11) is 0. The van der Waals surface area contributed by atoms with Crippen molar-refractivity contribution in [1.29, 1.82) is 0 Å². The van der Waals surface area contributed by atoms with Gasteiger partial charge in [0.2, 0.25) is 0 Å². The molecule has 0 amide bonds. The summed E-state index contributed by atoms with van der Waals surface area (Å²) in [4.78, 5) is 0. The monoisotopic (exact) mass is 269 g/mol. The average molecular weight is 269 g/mol. The van der Waals surface area contributed by atoms with Gasteiger partial charge in [-0.25, -0.2) is 0 Å². The van der Waals surface area contributed by atoms with E-state index in [1.54, 1.807) is 12.8 Å². The van der Waals surface area contributed by atoms with Gasteiger partial charge in [-0.15, -0.1) is 10.2 Å². The van der Waals surface area contributed by atoms with Crippen LogP contribution < -0.4 is 0 Å². The Labute approximate surface area is 120 Å². The number of nitrogens with zero attached hydrogens (tertiary/aromatic N) is 3. The Hall–Kier alpha value is -0.860. The maximum absolute atomic E-state index is 4.75. The van der Waals surface area contributed by atoms with E-state index in [4.69, 9.17) is 5.10 Å². The molecule has 4 aliphatic carbocycles. The van der Waals surface area contributed by atoms with E-state index in [-0.39, 0.29) is 0 Å². The second-order valence-corrected chi connectivity index (χ2v) is 8.44. The fourth-order valence-electron chi connectivity index (χ4n) is 7.22. The molecule has 2 unspecified atom stereocenters. The zero-order valence-corrected chi connectivity index (χ0v) is 12.1. The van der Waals surface area contributed by atoms with Crippen LogP contribution in [0.2, 0.25) is 0 Å². The summed E-state index contributed by atoms with van der Waals surface area (Å²) in [5.74, 6) is 5.91. The third-order valence-electron chi connectivity index (χ3n) is 7.92. The van der Waals surface area contributed by atoms with Crippen LogP contribution in [0.3, 0.4) is 0 Å². The molecule has 5 aliphatic rings. The first-order valence-electron chi connectivity index (χ1n) is 8.74. The fourth-order valence-corrected chi connectivity index (χ4v) is 7.22. The van der Waals surface area contributed by atoms with Gasteiger partial charge in [0.1, 0.15) is 11.6 Å². The van der Waals surface area contributed by atoms with E-state index in [1.165, 1.54) is 56.7 Å². The zero-order valence-electron chi connectivity index (χ0n) is 12.1. The van der Waals surface area contributed by atoms with Crippen molar-refractivity contribution in [2.24, 2.45) is 23.2 Å². The van der Waals surface area contributed by atoms with Gasteiger partial charge in [0.15, 0.2) is 0 Å². The molecule has 3 nitrogen and oxygen atoms in total. The van der Waals surface area contributed by atoms with E-state index >= 15 is 0 Å². The molecule has 0 aromatic carbocycles. The summed E-state index contributed by atoms with van der Waals surface area (Å²) < 4.78 is 2.55. The summed E-state index contributed by atoms with van der Waals surface area (Å²) in [6.07, 6.45) is 12.6. The topological polar surface area (TPSA) is 30.7 Å². The van der Waals surface area contributed by atoms with Crippen molar-refractivity contribution in [3.8, 4) is 0 Å². The van der Waals surface area contributed by atoms with Crippen molar-refractivity contribution < 1.29 is 0 Å². The number of aryl methyl sites for hydroxylation is 1. The predicted octanol–water partition coefficient (Wildman–Crippen LogP) is 3.08. The van der Waals surface area contributed by atoms with Gasteiger partial charge in [-0.3, -0.25) is 0 Å². The van der Waals surface area contributed by atoms with E-state index in [0.717, 1.165) is 29.6 Å². The molecule has 4 fully saturated rings. The molecule has 6 rings (SSSR count). The Bertz CT molecular complexity index is 585. The maximum atomic E-state index is 4.75. The Kier molecular flexibility index (Phi) is 1.70. The van der Waals surface area contributed by atoms with Gasteiger partial charge in [-0.05, 0) is 68.1 Å². The molecule has 106 valence electrons. The van der Waals surface area contributed by atoms with Crippen molar-refractivity contribution in [2.45, 2.75) is 69.7 Å². The highest BCUT2D eigenvalue weighted by Crippen LogP contribution is 2.84. The lowest BCUT2D eigenvalue weighted by atomic mass is 9.38. The zero-order chi connectivity index (χ0) is 12.9. The van der Waals surface area contributed by atoms with Gasteiger partial charge in [-0.1, -0.05) is 6.42 Å². The first-order valence-corrected chi connectivity index (χ1v) is 8.74. The highest BCUT2D eigenvalue weighted by atomic mass is 15.3. The minimum atomic E-state index is 0.441. The van der Waals surface area contributed by atoms with Crippen molar-refractivity contribution in [3.63, 3.8) is 0 Å². The third-order valence-corrected chi connectivity index (χ3v) is 7.92. The molecule has 1 aromatic heterocycles. The fraction of sp³-hybridized carbons (Fsp3) is 0.882. The van der Waals surface area contributed by atoms with Gasteiger partial charge in [0, 0.05) is 18.4 Å². The molecule has 1 aliphatic heterocycles. The lowest BCUT2D eigenvalue weighted by molar-refractivity contribution is -0.175. The van der Waals surface area contributed by atoms with E-state index in [1.807, 2.05) is 0 Å². The van der Waals surface area contributed by atoms with Gasteiger partial charge in [-0.2, -0.15) is 0 Å². The molecule has 0 N–H and O–H groups in total. The first-order chi connectivity index (χ1) is 9.82. The SMILES string of the molecule is C1CCc2nnc(C34CC5CC6CC(C3)C65C4)n2CC1. The quantitative estimate of drug-likeness (QED) is 0.784. The van der Waals surface area contributed by atoms with Gasteiger partial charge in [0.05, 0.1) is 0 Å². The van der Waals surface area contributed by atoms with E-state index in [9.17, 15) is 0 Å². The summed E-state index contributed by atoms with van der Waals surface area (Å²) in [5.41, 5.74) is 1.24. The molecule has 2 atom stereocenters. The van der Waals surface area contributed by atoms with Crippen LogP contribution in [0.5, 0.6) is 0 Å². The second-order valence-electron chi connectivity index (χ2n) is 8.44. The molecule has 0 radical (unpaired) electrons. The molecule has 0 saturated heterocycles. The second kappa shape index (κ2) is 3.15. The molecule has 2 bridgehead atoms. The third kappa shape index (κ3) is 0.962. The molecule has 3 heteroatoms. The van der Waals surface area contributed by atoms with Crippen molar-refractivity contribution in [1.82, 2.24) is 14.8 Å². The lowest BCUT2D eigenvalue weighted by Gasteiger charge is -2.66. The van der Waals surface area contributed by atoms with Crippen molar-refractivity contribution in [2.75, 3.05) is 0 Å². The van der Waals surface area contributed by atoms with Crippen LogP contribution in [0.1, 0.15) is 63.0 Å². The van der Waals surface area contributed by atoms with E-state index in [2.05, 4.69) is 9.67 Å². The molecule has 4 saturated carbocycles. The van der Waals surface area contributed by atoms with Crippen LogP contribution >= 0.6 is 0 Å². The Balaban J connectivity index is 1.47. The Morgan fingerprint density at radius 3 is 2.55 bits per heavy atom. The van der Waals surface area contributed by atoms with Crippen LogP contribution in [0.4, 0.5) is 0 Å². The Morgan fingerprint density at radius 2 is 1.80 bits per heavy atom. The maximum Gasteiger partial charge on any atom is 0.139 e. The molecule has 20 heavy (non-hydrogen) atoms. The van der Waals surface area contributed by atoms with Gasteiger partial charge in [0.25, 0.3) is 0 Å². The number of fused-ring (bicyclic) bond motifs is 2. The number of rotatable bonds is 1. The van der Waals surface area contributed by atoms with Crippen molar-refractivity contribution in [3.05, 3.63) is 11.6 Å². The van der Waals surface area contributed by atoms with Crippen LogP contribution in [0.15, 0.2) is 0 Å². The standard InChI is InChI=1S/C17H23N3/c1-2-4-14-18-19-15(20(14)5-3-1)16-8-12-6-11-7-13(9-16)17(11,12)10-16/h11-13H,1-10H2. The average Bonchev–Trinajstić information content (AvgIpc) is 2.99. The van der Waals surface area contributed by atoms with Crippen LogP contribution in [-0.4, -0.2) is 14.8 Å². The van der Waals surface area contributed by atoms with E-state index < -0.39 is 0 Å². The minimum Gasteiger partial charge on any atom is -0.315 e. The minimum absolute atomic E-state index is 0.441. The normalized spacial score (nSPS) is 50.9. The summed E-state index contributed by atoms with van der Waals surface area (Å²) in [6, 6.07) is 0. The van der Waals surface area contributed by atoms with E-state index in [0.29, 0.717) is 5.41 Å². The first kappa shape index (κ1) is 10.8. The molecule has 2 heterocycles. The number of hydrogen-bond acceptors (Lipinski definition) is 2. The largest absolute Gasteiger partial charge is 0.315 e. The van der Waals surface area contributed by atoms with Crippen LogP contribution in [0.25, 0.3) is 0 Å². The number of aromatic nitrogens is 3. The smallest absolute Gasteiger partial charge is 0.139 e. The molecular weight excluding hydrogens is 246 g/mol. The molecule has 1 aromatic rings. The highest BCUT2D eigenvalue weighted by Gasteiger charge is 2.78. The highest BCUT2D eigenvalue weighted by molar-refractivity contribution is 5.33. The molecular formula is C17H23N3.